The van der Waals surface area contributed by atoms with E-state index >= 15 is 0 Å². The van der Waals surface area contributed by atoms with Crippen molar-refractivity contribution in [2.75, 3.05) is 39.6 Å². The number of rotatable bonds is 13. The molecule has 0 heterocycles. The summed E-state index contributed by atoms with van der Waals surface area (Å²) < 4.78 is 16.1. The topological polar surface area (TPSA) is 78.1 Å². The first kappa shape index (κ1) is 24.1. The van der Waals surface area contributed by atoms with E-state index in [0.717, 1.165) is 43.9 Å². The molecule has 0 aliphatic rings. The molecule has 1 rings (SSSR count). The van der Waals surface area contributed by atoms with E-state index in [1.807, 2.05) is 32.0 Å². The molecule has 0 radical (unpaired) electrons. The highest BCUT2D eigenvalue weighted by molar-refractivity contribution is 14.0. The third-order valence-corrected chi connectivity index (χ3v) is 3.24. The van der Waals surface area contributed by atoms with Crippen LogP contribution in [-0.4, -0.2) is 45.5 Å². The minimum Gasteiger partial charge on any atom is -0.382 e. The summed E-state index contributed by atoms with van der Waals surface area (Å²) in [5, 5.41) is 3.09. The summed E-state index contributed by atoms with van der Waals surface area (Å²) in [6.45, 7) is 9.30. The second-order valence-electron chi connectivity index (χ2n) is 5.25. The van der Waals surface area contributed by atoms with Crippen LogP contribution in [0.15, 0.2) is 29.3 Å². The van der Waals surface area contributed by atoms with Gasteiger partial charge in [0.1, 0.15) is 0 Å². The predicted molar refractivity (Wildman–Crippen MR) is 112 cm³/mol. The first-order valence-electron chi connectivity index (χ1n) is 8.61. The van der Waals surface area contributed by atoms with Gasteiger partial charge in [0.25, 0.3) is 0 Å². The van der Waals surface area contributed by atoms with Crippen molar-refractivity contribution in [1.82, 2.24) is 5.32 Å². The Morgan fingerprint density at radius 2 is 1.72 bits per heavy atom. The molecule has 0 amide bonds. The number of aliphatic imine (C=N–C) groups is 1. The molecular formula is C18H32IN3O3. The molecule has 0 unspecified atom stereocenters. The van der Waals surface area contributed by atoms with Gasteiger partial charge in [0.2, 0.25) is 0 Å². The van der Waals surface area contributed by atoms with Crippen LogP contribution in [-0.2, 0) is 27.4 Å². The lowest BCUT2D eigenvalue weighted by Crippen LogP contribution is -2.32. The zero-order valence-electron chi connectivity index (χ0n) is 15.3. The second-order valence-corrected chi connectivity index (χ2v) is 5.25. The Morgan fingerprint density at radius 1 is 1.04 bits per heavy atom. The Bertz CT molecular complexity index is 473. The molecule has 1 aromatic rings. The maximum Gasteiger partial charge on any atom is 0.188 e. The summed E-state index contributed by atoms with van der Waals surface area (Å²) in [4.78, 5) is 4.36. The molecule has 0 saturated carbocycles. The van der Waals surface area contributed by atoms with Gasteiger partial charge in [-0.3, -0.25) is 0 Å². The van der Waals surface area contributed by atoms with E-state index in [9.17, 15) is 0 Å². The quantitative estimate of drug-likeness (QED) is 0.203. The molecule has 0 saturated heterocycles. The summed E-state index contributed by atoms with van der Waals surface area (Å²) >= 11 is 0. The molecular weight excluding hydrogens is 433 g/mol. The fraction of sp³-hybridized carbons (Fsp3) is 0.611. The van der Waals surface area contributed by atoms with Gasteiger partial charge < -0.3 is 25.3 Å². The Morgan fingerprint density at radius 3 is 2.48 bits per heavy atom. The van der Waals surface area contributed by atoms with Gasteiger partial charge in [0.05, 0.1) is 26.4 Å². The van der Waals surface area contributed by atoms with E-state index in [4.69, 9.17) is 19.9 Å². The van der Waals surface area contributed by atoms with Crippen molar-refractivity contribution in [3.8, 4) is 0 Å². The first-order chi connectivity index (χ1) is 11.8. The Hall–Kier alpha value is -0.900. The van der Waals surface area contributed by atoms with E-state index in [1.165, 1.54) is 0 Å². The number of hydrogen-bond acceptors (Lipinski definition) is 4. The second kappa shape index (κ2) is 16.6. The van der Waals surface area contributed by atoms with Crippen LogP contribution in [0.5, 0.6) is 0 Å². The molecule has 144 valence electrons. The number of benzene rings is 1. The Kier molecular flexibility index (Phi) is 16.0. The van der Waals surface area contributed by atoms with Crippen LogP contribution in [0.4, 0.5) is 0 Å². The molecule has 0 aromatic heterocycles. The average molecular weight is 465 g/mol. The molecule has 0 spiro atoms. The van der Waals surface area contributed by atoms with Crippen LogP contribution in [0.2, 0.25) is 0 Å². The van der Waals surface area contributed by atoms with Gasteiger partial charge in [-0.25, -0.2) is 4.99 Å². The maximum atomic E-state index is 5.86. The van der Waals surface area contributed by atoms with Crippen LogP contribution < -0.4 is 11.1 Å². The number of halogens is 1. The summed E-state index contributed by atoms with van der Waals surface area (Å²) in [7, 11) is 0. The predicted octanol–water partition coefficient (Wildman–Crippen LogP) is 2.69. The number of nitrogens with two attached hydrogens (primary N) is 1. The number of hydrogen-bond donors (Lipinski definition) is 2. The highest BCUT2D eigenvalue weighted by Gasteiger charge is 1.98. The fourth-order valence-electron chi connectivity index (χ4n) is 2.04. The lowest BCUT2D eigenvalue weighted by Gasteiger charge is -2.07. The van der Waals surface area contributed by atoms with Crippen LogP contribution >= 0.6 is 24.0 Å². The maximum absolute atomic E-state index is 5.86. The molecule has 7 heteroatoms. The minimum absolute atomic E-state index is 0. The van der Waals surface area contributed by atoms with E-state index in [-0.39, 0.29) is 24.0 Å². The molecule has 0 aliphatic heterocycles. The van der Waals surface area contributed by atoms with Gasteiger partial charge >= 0.3 is 0 Å². The van der Waals surface area contributed by atoms with Crippen molar-refractivity contribution in [3.05, 3.63) is 35.4 Å². The molecule has 0 bridgehead atoms. The van der Waals surface area contributed by atoms with Crippen molar-refractivity contribution in [2.24, 2.45) is 10.7 Å². The Labute approximate surface area is 168 Å². The van der Waals surface area contributed by atoms with E-state index in [0.29, 0.717) is 32.3 Å². The molecule has 0 fully saturated rings. The fourth-order valence-corrected chi connectivity index (χ4v) is 2.04. The zero-order chi connectivity index (χ0) is 17.5. The third kappa shape index (κ3) is 13.0. The summed E-state index contributed by atoms with van der Waals surface area (Å²) in [6.07, 6.45) is 0.915. The monoisotopic (exact) mass is 465 g/mol. The van der Waals surface area contributed by atoms with Crippen LogP contribution in [0, 0.1) is 0 Å². The van der Waals surface area contributed by atoms with Gasteiger partial charge in [-0.1, -0.05) is 24.3 Å². The van der Waals surface area contributed by atoms with Crippen LogP contribution in [0.1, 0.15) is 31.4 Å². The van der Waals surface area contributed by atoms with Gasteiger partial charge in [-0.2, -0.15) is 0 Å². The smallest absolute Gasteiger partial charge is 0.188 e. The van der Waals surface area contributed by atoms with Gasteiger partial charge in [0, 0.05) is 26.4 Å². The lowest BCUT2D eigenvalue weighted by atomic mass is 10.1. The Balaban J connectivity index is 0.00000576. The summed E-state index contributed by atoms with van der Waals surface area (Å²) in [6, 6.07) is 8.18. The number of nitrogens with one attached hydrogen (secondary N) is 1. The van der Waals surface area contributed by atoms with E-state index in [1.54, 1.807) is 0 Å². The first-order valence-corrected chi connectivity index (χ1v) is 8.61. The van der Waals surface area contributed by atoms with Crippen molar-refractivity contribution < 1.29 is 14.2 Å². The molecule has 6 nitrogen and oxygen atoms in total. The standard InChI is InChI=1S/C18H31N3O3.HI/c1-3-22-10-6-9-20-18(19)21-14-16-7-5-8-17(13-16)15-24-12-11-23-4-2;/h5,7-8,13H,3-4,6,9-12,14-15H2,1-2H3,(H3,19,20,21);1H. The SMILES string of the molecule is CCOCCCNC(N)=NCc1cccc(COCCOCC)c1.I. The average Bonchev–Trinajstić information content (AvgIpc) is 2.60. The number of ether oxygens (including phenoxy) is 3. The number of nitrogens with zero attached hydrogens (tertiary/aromatic N) is 1. The van der Waals surface area contributed by atoms with Gasteiger partial charge in [-0.05, 0) is 31.4 Å². The van der Waals surface area contributed by atoms with Crippen LogP contribution in [0.25, 0.3) is 0 Å². The third-order valence-electron chi connectivity index (χ3n) is 3.24. The molecule has 3 N–H and O–H groups in total. The largest absolute Gasteiger partial charge is 0.382 e. The summed E-state index contributed by atoms with van der Waals surface area (Å²) in [5.41, 5.74) is 8.10. The van der Waals surface area contributed by atoms with Crippen molar-refractivity contribution in [1.29, 1.82) is 0 Å². The van der Waals surface area contributed by atoms with Crippen LogP contribution in [0.3, 0.4) is 0 Å². The minimum atomic E-state index is 0. The zero-order valence-corrected chi connectivity index (χ0v) is 17.7. The highest BCUT2D eigenvalue weighted by Crippen LogP contribution is 2.08. The van der Waals surface area contributed by atoms with Crippen molar-refractivity contribution >= 4 is 29.9 Å². The highest BCUT2D eigenvalue weighted by atomic mass is 127. The van der Waals surface area contributed by atoms with Crippen molar-refractivity contribution in [3.63, 3.8) is 0 Å². The molecule has 25 heavy (non-hydrogen) atoms. The van der Waals surface area contributed by atoms with E-state index in [2.05, 4.69) is 16.4 Å². The van der Waals surface area contributed by atoms with Crippen molar-refractivity contribution in [2.45, 2.75) is 33.4 Å². The lowest BCUT2D eigenvalue weighted by molar-refractivity contribution is 0.0453. The molecule has 0 aliphatic carbocycles. The van der Waals surface area contributed by atoms with Gasteiger partial charge in [0.15, 0.2) is 5.96 Å². The van der Waals surface area contributed by atoms with E-state index < -0.39 is 0 Å². The normalized spacial score (nSPS) is 11.2. The summed E-state index contributed by atoms with van der Waals surface area (Å²) in [5.74, 6) is 0.463. The van der Waals surface area contributed by atoms with Gasteiger partial charge in [-0.15, -0.1) is 24.0 Å². The molecule has 1 aromatic carbocycles. The number of guanidine groups is 1. The molecule has 0 atom stereocenters.